The van der Waals surface area contributed by atoms with Gasteiger partial charge in [-0.15, -0.1) is 0 Å². The Kier molecular flexibility index (Phi) is 5.76. The summed E-state index contributed by atoms with van der Waals surface area (Å²) in [5, 5.41) is -0.315. The summed E-state index contributed by atoms with van der Waals surface area (Å²) in [6, 6.07) is 2.51. The van der Waals surface area contributed by atoms with Crippen molar-refractivity contribution in [1.29, 1.82) is 0 Å². The number of rotatable bonds is 6. The van der Waals surface area contributed by atoms with Crippen molar-refractivity contribution in [3.05, 3.63) is 23.0 Å². The summed E-state index contributed by atoms with van der Waals surface area (Å²) < 4.78 is 40.2. The molecule has 0 atom stereocenters. The molecule has 20 heavy (non-hydrogen) atoms. The van der Waals surface area contributed by atoms with Crippen LogP contribution in [0.3, 0.4) is 0 Å². The van der Waals surface area contributed by atoms with Crippen molar-refractivity contribution in [2.45, 2.75) is 24.8 Å². The second-order valence-electron chi connectivity index (χ2n) is 4.79. The third kappa shape index (κ3) is 4.31. The molecule has 1 aromatic rings. The average Bonchev–Trinajstić information content (AvgIpc) is 2.33. The van der Waals surface area contributed by atoms with Gasteiger partial charge in [0.15, 0.2) is 5.82 Å². The van der Waals surface area contributed by atoms with Gasteiger partial charge in [-0.1, -0.05) is 11.6 Å². The third-order valence-corrected chi connectivity index (χ3v) is 4.68. The molecule has 0 saturated heterocycles. The van der Waals surface area contributed by atoms with E-state index in [2.05, 4.69) is 4.72 Å². The maximum atomic E-state index is 13.8. The molecule has 0 aromatic heterocycles. The number of anilines is 1. The summed E-state index contributed by atoms with van der Waals surface area (Å²) in [5.41, 5.74) is 5.58. The van der Waals surface area contributed by atoms with Crippen molar-refractivity contribution in [2.75, 3.05) is 25.9 Å². The summed E-state index contributed by atoms with van der Waals surface area (Å²) >= 11 is 5.60. The van der Waals surface area contributed by atoms with E-state index < -0.39 is 20.7 Å². The smallest absolute Gasteiger partial charge is 0.243 e. The monoisotopic (exact) mass is 323 g/mol. The number of nitrogens with zero attached hydrogens (tertiary/aromatic N) is 1. The van der Waals surface area contributed by atoms with Crippen molar-refractivity contribution < 1.29 is 12.8 Å². The summed E-state index contributed by atoms with van der Waals surface area (Å²) in [4.78, 5) is 1.43. The average molecular weight is 324 g/mol. The van der Waals surface area contributed by atoms with E-state index in [4.69, 9.17) is 17.3 Å². The summed E-state index contributed by atoms with van der Waals surface area (Å²) in [7, 11) is -2.10. The van der Waals surface area contributed by atoms with E-state index >= 15 is 0 Å². The van der Waals surface area contributed by atoms with Gasteiger partial charge in [-0.25, -0.2) is 17.5 Å². The fourth-order valence-corrected chi connectivity index (χ4v) is 2.91. The van der Waals surface area contributed by atoms with Crippen LogP contribution < -0.4 is 10.5 Å². The standard InChI is InChI=1S/C12H19ClFN3O2S/c1-8(2)17(3)5-4-16-20(18,19)11-7-9(15)6-10(13)12(11)14/h6-8,16H,4-5,15H2,1-3H3. The summed E-state index contributed by atoms with van der Waals surface area (Å²) in [6.07, 6.45) is 0. The molecular weight excluding hydrogens is 305 g/mol. The van der Waals surface area contributed by atoms with Gasteiger partial charge in [-0.05, 0) is 33.0 Å². The zero-order valence-electron chi connectivity index (χ0n) is 11.7. The molecule has 0 heterocycles. The highest BCUT2D eigenvalue weighted by Crippen LogP contribution is 2.25. The van der Waals surface area contributed by atoms with Crippen LogP contribution in [0.1, 0.15) is 13.8 Å². The van der Waals surface area contributed by atoms with Crippen LogP contribution in [-0.4, -0.2) is 39.5 Å². The quantitative estimate of drug-likeness (QED) is 0.781. The first kappa shape index (κ1) is 17.2. The minimum Gasteiger partial charge on any atom is -0.399 e. The largest absolute Gasteiger partial charge is 0.399 e. The van der Waals surface area contributed by atoms with E-state index in [0.29, 0.717) is 6.54 Å². The Morgan fingerprint density at radius 2 is 2.05 bits per heavy atom. The number of nitrogens with one attached hydrogen (secondary N) is 1. The zero-order chi connectivity index (χ0) is 15.5. The van der Waals surface area contributed by atoms with Gasteiger partial charge in [0.1, 0.15) is 4.90 Å². The Morgan fingerprint density at radius 1 is 1.45 bits per heavy atom. The van der Waals surface area contributed by atoms with Gasteiger partial charge in [0.05, 0.1) is 5.02 Å². The lowest BCUT2D eigenvalue weighted by Crippen LogP contribution is -2.36. The van der Waals surface area contributed by atoms with E-state index in [0.717, 1.165) is 6.07 Å². The van der Waals surface area contributed by atoms with Gasteiger partial charge in [-0.3, -0.25) is 0 Å². The number of nitrogen functional groups attached to an aromatic ring is 1. The Balaban J connectivity index is 2.85. The molecule has 0 bridgehead atoms. The minimum absolute atomic E-state index is 0.0936. The van der Waals surface area contributed by atoms with Gasteiger partial charge in [-0.2, -0.15) is 0 Å². The molecule has 3 N–H and O–H groups in total. The predicted molar refractivity (Wildman–Crippen MR) is 78.8 cm³/mol. The highest BCUT2D eigenvalue weighted by atomic mass is 35.5. The van der Waals surface area contributed by atoms with Crippen molar-refractivity contribution in [3.63, 3.8) is 0 Å². The maximum absolute atomic E-state index is 13.8. The fourth-order valence-electron chi connectivity index (χ4n) is 1.47. The highest BCUT2D eigenvalue weighted by Gasteiger charge is 2.21. The maximum Gasteiger partial charge on any atom is 0.243 e. The van der Waals surface area contributed by atoms with E-state index in [-0.39, 0.29) is 23.3 Å². The fraction of sp³-hybridized carbons (Fsp3) is 0.500. The minimum atomic E-state index is -3.97. The van der Waals surface area contributed by atoms with Crippen molar-refractivity contribution in [3.8, 4) is 0 Å². The van der Waals surface area contributed by atoms with E-state index in [1.807, 2.05) is 25.8 Å². The van der Waals surface area contributed by atoms with Crippen LogP contribution >= 0.6 is 11.6 Å². The second-order valence-corrected chi connectivity index (χ2v) is 6.93. The molecule has 0 fully saturated rings. The second kappa shape index (κ2) is 6.71. The summed E-state index contributed by atoms with van der Waals surface area (Å²) in [6.45, 7) is 4.66. The zero-order valence-corrected chi connectivity index (χ0v) is 13.2. The van der Waals surface area contributed by atoms with E-state index in [9.17, 15) is 12.8 Å². The number of halogens is 2. The molecule has 1 aromatic carbocycles. The predicted octanol–water partition coefficient (Wildman–Crippen LogP) is 1.68. The van der Waals surface area contributed by atoms with Crippen LogP contribution in [0.25, 0.3) is 0 Å². The Bertz CT molecular complexity index is 578. The lowest BCUT2D eigenvalue weighted by Gasteiger charge is -2.21. The van der Waals surface area contributed by atoms with Crippen LogP contribution in [0.4, 0.5) is 10.1 Å². The SMILES string of the molecule is CC(C)N(C)CCNS(=O)(=O)c1cc(N)cc(Cl)c1F. The molecule has 114 valence electrons. The first-order valence-electron chi connectivity index (χ1n) is 6.09. The normalized spacial score (nSPS) is 12.3. The first-order valence-corrected chi connectivity index (χ1v) is 7.95. The van der Waals surface area contributed by atoms with Gasteiger partial charge < -0.3 is 10.6 Å². The first-order chi connectivity index (χ1) is 9.15. The molecule has 0 amide bonds. The number of benzene rings is 1. The van der Waals surface area contributed by atoms with Crippen molar-refractivity contribution >= 4 is 27.3 Å². The molecule has 1 rings (SSSR count). The molecule has 0 aliphatic rings. The van der Waals surface area contributed by atoms with E-state index in [1.165, 1.54) is 6.07 Å². The Morgan fingerprint density at radius 3 is 2.60 bits per heavy atom. The number of nitrogens with two attached hydrogens (primary N) is 1. The van der Waals surface area contributed by atoms with Crippen molar-refractivity contribution in [1.82, 2.24) is 9.62 Å². The molecule has 0 aliphatic carbocycles. The molecule has 0 unspecified atom stereocenters. The highest BCUT2D eigenvalue weighted by molar-refractivity contribution is 7.89. The van der Waals surface area contributed by atoms with Gasteiger partial charge in [0.2, 0.25) is 10.0 Å². The number of sulfonamides is 1. The Labute approximate surface area is 124 Å². The van der Waals surface area contributed by atoms with Crippen molar-refractivity contribution in [2.24, 2.45) is 0 Å². The topological polar surface area (TPSA) is 75.4 Å². The van der Waals surface area contributed by atoms with Crippen LogP contribution in [0.5, 0.6) is 0 Å². The molecular formula is C12H19ClFN3O2S. The van der Waals surface area contributed by atoms with Gasteiger partial charge in [0, 0.05) is 24.8 Å². The molecule has 0 spiro atoms. The van der Waals surface area contributed by atoms with Crippen LogP contribution in [-0.2, 0) is 10.0 Å². The molecule has 8 heteroatoms. The summed E-state index contributed by atoms with van der Waals surface area (Å²) in [5.74, 6) is -0.995. The molecule has 0 aliphatic heterocycles. The Hall–Kier alpha value is -0.890. The van der Waals surface area contributed by atoms with Crippen LogP contribution in [0.15, 0.2) is 17.0 Å². The van der Waals surface area contributed by atoms with Crippen LogP contribution in [0.2, 0.25) is 5.02 Å². The number of hydrogen-bond acceptors (Lipinski definition) is 4. The number of hydrogen-bond donors (Lipinski definition) is 2. The number of likely N-dealkylation sites (N-methyl/N-ethyl adjacent to an activating group) is 1. The third-order valence-electron chi connectivity index (χ3n) is 2.94. The molecule has 0 saturated carbocycles. The molecule has 5 nitrogen and oxygen atoms in total. The van der Waals surface area contributed by atoms with E-state index in [1.54, 1.807) is 0 Å². The van der Waals surface area contributed by atoms with Gasteiger partial charge >= 0.3 is 0 Å². The van der Waals surface area contributed by atoms with Crippen LogP contribution in [0, 0.1) is 5.82 Å². The molecule has 0 radical (unpaired) electrons. The lowest BCUT2D eigenvalue weighted by atomic mass is 10.3. The van der Waals surface area contributed by atoms with Gasteiger partial charge in [0.25, 0.3) is 0 Å². The lowest BCUT2D eigenvalue weighted by molar-refractivity contribution is 0.278.